The predicted octanol–water partition coefficient (Wildman–Crippen LogP) is 1.12. The number of hydrogen-bond donors (Lipinski definition) is 1. The molecule has 1 saturated heterocycles. The SMILES string of the molecule is CC(C)C1(C)COC(N)CCO1. The van der Waals surface area contributed by atoms with Gasteiger partial charge in [-0.05, 0) is 12.8 Å². The third-order valence-electron chi connectivity index (χ3n) is 2.64. The van der Waals surface area contributed by atoms with Crippen molar-refractivity contribution < 1.29 is 9.47 Å². The van der Waals surface area contributed by atoms with Crippen LogP contribution in [0.4, 0.5) is 0 Å². The first-order valence-electron chi connectivity index (χ1n) is 4.56. The van der Waals surface area contributed by atoms with E-state index in [1.165, 1.54) is 0 Å². The van der Waals surface area contributed by atoms with Gasteiger partial charge in [0, 0.05) is 6.42 Å². The fourth-order valence-corrected chi connectivity index (χ4v) is 1.14. The second-order valence-corrected chi connectivity index (χ2v) is 3.95. The van der Waals surface area contributed by atoms with Crippen molar-refractivity contribution in [2.24, 2.45) is 11.7 Å². The fourth-order valence-electron chi connectivity index (χ4n) is 1.14. The first-order valence-corrected chi connectivity index (χ1v) is 4.56. The van der Waals surface area contributed by atoms with Gasteiger partial charge in [-0.3, -0.25) is 0 Å². The van der Waals surface area contributed by atoms with Gasteiger partial charge in [0.25, 0.3) is 0 Å². The Bertz CT molecular complexity index is 149. The van der Waals surface area contributed by atoms with Gasteiger partial charge >= 0.3 is 0 Å². The molecule has 1 heterocycles. The summed E-state index contributed by atoms with van der Waals surface area (Å²) in [6.45, 7) is 7.66. The maximum absolute atomic E-state index is 5.72. The molecule has 2 N–H and O–H groups in total. The molecule has 0 saturated carbocycles. The maximum atomic E-state index is 5.72. The van der Waals surface area contributed by atoms with Crippen LogP contribution in [-0.2, 0) is 9.47 Å². The lowest BCUT2D eigenvalue weighted by molar-refractivity contribution is -0.0913. The fraction of sp³-hybridized carbons (Fsp3) is 1.00. The molecule has 0 amide bonds. The molecule has 2 unspecified atom stereocenters. The molecule has 1 aliphatic rings. The molecule has 1 rings (SSSR count). The van der Waals surface area contributed by atoms with Gasteiger partial charge in [-0.25, -0.2) is 0 Å². The largest absolute Gasteiger partial charge is 0.372 e. The molecule has 1 fully saturated rings. The number of ether oxygens (including phenoxy) is 2. The van der Waals surface area contributed by atoms with E-state index in [2.05, 4.69) is 20.8 Å². The molecular formula is C9H19NO2. The first-order chi connectivity index (χ1) is 5.54. The summed E-state index contributed by atoms with van der Waals surface area (Å²) in [7, 11) is 0. The molecule has 0 aromatic heterocycles. The van der Waals surface area contributed by atoms with E-state index in [4.69, 9.17) is 15.2 Å². The van der Waals surface area contributed by atoms with Gasteiger partial charge in [-0.2, -0.15) is 0 Å². The third kappa shape index (κ3) is 2.19. The standard InChI is InChI=1S/C9H19NO2/c1-7(2)9(3)6-11-8(10)4-5-12-9/h7-8H,4-6,10H2,1-3H3. The molecule has 0 aromatic carbocycles. The zero-order valence-corrected chi connectivity index (χ0v) is 8.17. The molecule has 0 aliphatic carbocycles. The average molecular weight is 173 g/mol. The van der Waals surface area contributed by atoms with Gasteiger partial charge in [0.05, 0.1) is 18.8 Å². The Kier molecular flexibility index (Phi) is 3.09. The lowest BCUT2D eigenvalue weighted by Gasteiger charge is -2.31. The van der Waals surface area contributed by atoms with Crippen LogP contribution in [-0.4, -0.2) is 25.0 Å². The zero-order chi connectivity index (χ0) is 9.19. The van der Waals surface area contributed by atoms with E-state index in [0.29, 0.717) is 19.1 Å². The quantitative estimate of drug-likeness (QED) is 0.646. The molecule has 12 heavy (non-hydrogen) atoms. The van der Waals surface area contributed by atoms with Crippen molar-refractivity contribution in [2.75, 3.05) is 13.2 Å². The van der Waals surface area contributed by atoms with Gasteiger partial charge in [0.15, 0.2) is 0 Å². The van der Waals surface area contributed by atoms with Crippen molar-refractivity contribution in [3.8, 4) is 0 Å². The highest BCUT2D eigenvalue weighted by Gasteiger charge is 2.32. The number of rotatable bonds is 1. The Labute approximate surface area is 74.2 Å². The number of nitrogens with two attached hydrogens (primary N) is 1. The van der Waals surface area contributed by atoms with Crippen LogP contribution in [0.25, 0.3) is 0 Å². The van der Waals surface area contributed by atoms with Gasteiger partial charge in [0.2, 0.25) is 0 Å². The molecule has 0 spiro atoms. The van der Waals surface area contributed by atoms with Crippen LogP contribution in [0.3, 0.4) is 0 Å². The van der Waals surface area contributed by atoms with Crippen molar-refractivity contribution in [3.63, 3.8) is 0 Å². The summed E-state index contributed by atoms with van der Waals surface area (Å²) in [6.07, 6.45) is 0.646. The summed E-state index contributed by atoms with van der Waals surface area (Å²) in [4.78, 5) is 0. The van der Waals surface area contributed by atoms with Crippen molar-refractivity contribution >= 4 is 0 Å². The monoisotopic (exact) mass is 173 g/mol. The van der Waals surface area contributed by atoms with E-state index in [0.717, 1.165) is 6.42 Å². The van der Waals surface area contributed by atoms with Crippen LogP contribution < -0.4 is 5.73 Å². The second-order valence-electron chi connectivity index (χ2n) is 3.95. The van der Waals surface area contributed by atoms with Crippen LogP contribution in [0.15, 0.2) is 0 Å². The van der Waals surface area contributed by atoms with E-state index in [9.17, 15) is 0 Å². The Morgan fingerprint density at radius 1 is 1.50 bits per heavy atom. The van der Waals surface area contributed by atoms with E-state index in [-0.39, 0.29) is 11.8 Å². The molecule has 2 atom stereocenters. The molecule has 3 heteroatoms. The predicted molar refractivity (Wildman–Crippen MR) is 47.7 cm³/mol. The lowest BCUT2D eigenvalue weighted by atomic mass is 9.93. The smallest absolute Gasteiger partial charge is 0.107 e. The zero-order valence-electron chi connectivity index (χ0n) is 8.17. The molecule has 1 aliphatic heterocycles. The van der Waals surface area contributed by atoms with Gasteiger partial charge in [-0.1, -0.05) is 13.8 Å². The van der Waals surface area contributed by atoms with Crippen LogP contribution in [0.2, 0.25) is 0 Å². The second kappa shape index (κ2) is 3.73. The van der Waals surface area contributed by atoms with E-state index >= 15 is 0 Å². The summed E-state index contributed by atoms with van der Waals surface area (Å²) in [5.41, 5.74) is 5.50. The van der Waals surface area contributed by atoms with Crippen molar-refractivity contribution in [1.82, 2.24) is 0 Å². The molecule has 72 valence electrons. The van der Waals surface area contributed by atoms with Crippen molar-refractivity contribution in [3.05, 3.63) is 0 Å². The lowest BCUT2D eigenvalue weighted by Crippen LogP contribution is -2.39. The minimum absolute atomic E-state index is 0.148. The summed E-state index contributed by atoms with van der Waals surface area (Å²) in [5, 5.41) is 0. The molecule has 0 bridgehead atoms. The summed E-state index contributed by atoms with van der Waals surface area (Å²) in [5.74, 6) is 0.461. The molecule has 0 radical (unpaired) electrons. The first kappa shape index (κ1) is 9.96. The Morgan fingerprint density at radius 3 is 2.75 bits per heavy atom. The van der Waals surface area contributed by atoms with Crippen LogP contribution in [0, 0.1) is 5.92 Å². The van der Waals surface area contributed by atoms with Crippen LogP contribution in [0.5, 0.6) is 0 Å². The number of hydrogen-bond acceptors (Lipinski definition) is 3. The van der Waals surface area contributed by atoms with E-state index < -0.39 is 0 Å². The summed E-state index contributed by atoms with van der Waals surface area (Å²) in [6, 6.07) is 0. The van der Waals surface area contributed by atoms with Crippen molar-refractivity contribution in [1.29, 1.82) is 0 Å². The van der Waals surface area contributed by atoms with E-state index in [1.807, 2.05) is 0 Å². The maximum Gasteiger partial charge on any atom is 0.107 e. The Morgan fingerprint density at radius 2 is 2.17 bits per heavy atom. The minimum Gasteiger partial charge on any atom is -0.372 e. The molecule has 0 aromatic rings. The topological polar surface area (TPSA) is 44.5 Å². The van der Waals surface area contributed by atoms with Crippen LogP contribution in [0.1, 0.15) is 27.2 Å². The molecular weight excluding hydrogens is 154 g/mol. The normalized spacial score (nSPS) is 38.2. The van der Waals surface area contributed by atoms with Crippen LogP contribution >= 0.6 is 0 Å². The van der Waals surface area contributed by atoms with Gasteiger partial charge < -0.3 is 15.2 Å². The Balaban J connectivity index is 2.55. The van der Waals surface area contributed by atoms with Crippen molar-refractivity contribution in [2.45, 2.75) is 39.0 Å². The highest BCUT2D eigenvalue weighted by molar-refractivity contribution is 4.80. The highest BCUT2D eigenvalue weighted by atomic mass is 16.6. The van der Waals surface area contributed by atoms with Gasteiger partial charge in [0.1, 0.15) is 6.23 Å². The summed E-state index contributed by atoms with van der Waals surface area (Å²) >= 11 is 0. The van der Waals surface area contributed by atoms with E-state index in [1.54, 1.807) is 0 Å². The third-order valence-corrected chi connectivity index (χ3v) is 2.64. The summed E-state index contributed by atoms with van der Waals surface area (Å²) < 4.78 is 11.1. The Hall–Kier alpha value is -0.120. The van der Waals surface area contributed by atoms with Gasteiger partial charge in [-0.15, -0.1) is 0 Å². The minimum atomic E-state index is -0.159. The highest BCUT2D eigenvalue weighted by Crippen LogP contribution is 2.24. The average Bonchev–Trinajstić information content (AvgIpc) is 2.15. The molecule has 3 nitrogen and oxygen atoms in total.